The van der Waals surface area contributed by atoms with Gasteiger partial charge < -0.3 is 10.6 Å². The lowest BCUT2D eigenvalue weighted by Gasteiger charge is -2.14. The predicted molar refractivity (Wildman–Crippen MR) is 76.2 cm³/mol. The number of nitrogens with one attached hydrogen (secondary N) is 2. The molecule has 0 aromatic carbocycles. The molecule has 1 fully saturated rings. The summed E-state index contributed by atoms with van der Waals surface area (Å²) in [4.78, 5) is 7.08. The van der Waals surface area contributed by atoms with Gasteiger partial charge in [0.2, 0.25) is 5.82 Å². The number of rotatable bonds is 5. The first-order valence-electron chi connectivity index (χ1n) is 7.32. The SMILES string of the molecule is CCNc1cc(NCC2CCC(C)C2)nc(C(F)(F)F)n1. The molecule has 7 heteroatoms. The molecule has 1 aliphatic carbocycles. The molecule has 0 amide bonds. The Morgan fingerprint density at radius 3 is 2.38 bits per heavy atom. The minimum absolute atomic E-state index is 0.196. The van der Waals surface area contributed by atoms with Crippen molar-refractivity contribution in [3.8, 4) is 0 Å². The van der Waals surface area contributed by atoms with Crippen LogP contribution in [0.15, 0.2) is 6.07 Å². The maximum Gasteiger partial charge on any atom is 0.451 e. The fourth-order valence-electron chi connectivity index (χ4n) is 2.70. The highest BCUT2D eigenvalue weighted by Gasteiger charge is 2.35. The average molecular weight is 302 g/mol. The Balaban J connectivity index is 2.08. The van der Waals surface area contributed by atoms with Gasteiger partial charge in [-0.15, -0.1) is 0 Å². The predicted octanol–water partition coefficient (Wildman–Crippen LogP) is 3.78. The third kappa shape index (κ3) is 4.47. The molecule has 1 aromatic rings. The standard InChI is InChI=1S/C14H21F3N4/c1-3-18-11-7-12(21-13(20-11)14(15,16)17)19-8-10-5-4-9(2)6-10/h7,9-10H,3-6,8H2,1-2H3,(H2,18,19,20,21). The molecule has 0 bridgehead atoms. The molecule has 2 rings (SSSR count). The molecule has 1 heterocycles. The van der Waals surface area contributed by atoms with Gasteiger partial charge in [-0.3, -0.25) is 0 Å². The minimum Gasteiger partial charge on any atom is -0.370 e. The molecule has 4 nitrogen and oxygen atoms in total. The third-order valence-electron chi connectivity index (χ3n) is 3.71. The van der Waals surface area contributed by atoms with Crippen molar-refractivity contribution in [1.29, 1.82) is 0 Å². The maximum atomic E-state index is 12.8. The molecule has 118 valence electrons. The van der Waals surface area contributed by atoms with E-state index in [1.165, 1.54) is 12.5 Å². The van der Waals surface area contributed by atoms with Crippen molar-refractivity contribution in [1.82, 2.24) is 9.97 Å². The zero-order valence-corrected chi connectivity index (χ0v) is 12.3. The Hall–Kier alpha value is -1.53. The van der Waals surface area contributed by atoms with Gasteiger partial charge in [-0.05, 0) is 31.6 Å². The zero-order valence-electron chi connectivity index (χ0n) is 12.3. The maximum absolute atomic E-state index is 12.8. The molecular weight excluding hydrogens is 281 g/mol. The van der Waals surface area contributed by atoms with Crippen LogP contribution in [0.3, 0.4) is 0 Å². The summed E-state index contributed by atoms with van der Waals surface area (Å²) in [5, 5.41) is 5.83. The van der Waals surface area contributed by atoms with Crippen molar-refractivity contribution in [3.63, 3.8) is 0 Å². The van der Waals surface area contributed by atoms with Crippen molar-refractivity contribution >= 4 is 11.6 Å². The van der Waals surface area contributed by atoms with Gasteiger partial charge in [0.05, 0.1) is 0 Å². The number of hydrogen-bond donors (Lipinski definition) is 2. The smallest absolute Gasteiger partial charge is 0.370 e. The van der Waals surface area contributed by atoms with Crippen LogP contribution >= 0.6 is 0 Å². The Kier molecular flexibility index (Phi) is 4.90. The highest BCUT2D eigenvalue weighted by Crippen LogP contribution is 2.31. The third-order valence-corrected chi connectivity index (χ3v) is 3.71. The number of nitrogens with zero attached hydrogens (tertiary/aromatic N) is 2. The first-order valence-corrected chi connectivity index (χ1v) is 7.32. The second-order valence-corrected chi connectivity index (χ2v) is 5.66. The molecule has 0 saturated heterocycles. The lowest BCUT2D eigenvalue weighted by atomic mass is 10.1. The van der Waals surface area contributed by atoms with Crippen molar-refractivity contribution in [3.05, 3.63) is 11.9 Å². The second kappa shape index (κ2) is 6.49. The van der Waals surface area contributed by atoms with Crippen LogP contribution in [0.2, 0.25) is 0 Å². The first kappa shape index (κ1) is 15.9. The monoisotopic (exact) mass is 302 g/mol. The van der Waals surface area contributed by atoms with Crippen molar-refractivity contribution < 1.29 is 13.2 Å². The molecule has 2 atom stereocenters. The van der Waals surface area contributed by atoms with Crippen molar-refractivity contribution in [2.45, 2.75) is 39.3 Å². The van der Waals surface area contributed by atoms with E-state index < -0.39 is 12.0 Å². The lowest BCUT2D eigenvalue weighted by Crippen LogP contribution is -2.17. The van der Waals surface area contributed by atoms with Gasteiger partial charge in [0.1, 0.15) is 11.6 Å². The van der Waals surface area contributed by atoms with E-state index in [0.717, 1.165) is 12.8 Å². The number of alkyl halides is 3. The topological polar surface area (TPSA) is 49.8 Å². The van der Waals surface area contributed by atoms with E-state index in [0.29, 0.717) is 24.9 Å². The van der Waals surface area contributed by atoms with E-state index >= 15 is 0 Å². The summed E-state index contributed by atoms with van der Waals surface area (Å²) < 4.78 is 38.4. The molecule has 0 spiro atoms. The number of anilines is 2. The molecule has 0 radical (unpaired) electrons. The van der Waals surface area contributed by atoms with Gasteiger partial charge in [0.15, 0.2) is 0 Å². The highest BCUT2D eigenvalue weighted by atomic mass is 19.4. The van der Waals surface area contributed by atoms with Crippen LogP contribution in [0.1, 0.15) is 38.9 Å². The van der Waals surface area contributed by atoms with Gasteiger partial charge >= 0.3 is 6.18 Å². The summed E-state index contributed by atoms with van der Waals surface area (Å²) in [6.45, 7) is 5.18. The van der Waals surface area contributed by atoms with Crippen LogP contribution in [0.25, 0.3) is 0 Å². The van der Waals surface area contributed by atoms with Crippen LogP contribution in [-0.4, -0.2) is 23.1 Å². The van der Waals surface area contributed by atoms with E-state index in [1.807, 2.05) is 6.92 Å². The summed E-state index contributed by atoms with van der Waals surface area (Å²) in [6.07, 6.45) is -1.12. The highest BCUT2D eigenvalue weighted by molar-refractivity contribution is 5.47. The van der Waals surface area contributed by atoms with E-state index in [4.69, 9.17) is 0 Å². The molecule has 2 unspecified atom stereocenters. The zero-order chi connectivity index (χ0) is 15.5. The van der Waals surface area contributed by atoms with Crippen molar-refractivity contribution in [2.75, 3.05) is 23.7 Å². The lowest BCUT2D eigenvalue weighted by molar-refractivity contribution is -0.144. The Bertz CT molecular complexity index is 476. The number of halogens is 3. The Morgan fingerprint density at radius 1 is 1.19 bits per heavy atom. The van der Waals surface area contributed by atoms with Crippen LogP contribution in [0.4, 0.5) is 24.8 Å². The molecule has 0 aliphatic heterocycles. The fourth-order valence-corrected chi connectivity index (χ4v) is 2.70. The van der Waals surface area contributed by atoms with Gasteiger partial charge in [-0.2, -0.15) is 13.2 Å². The molecular formula is C14H21F3N4. The summed E-state index contributed by atoms with van der Waals surface area (Å²) in [5.74, 6) is 0.523. The molecule has 2 N–H and O–H groups in total. The van der Waals surface area contributed by atoms with Crippen LogP contribution in [0, 0.1) is 11.8 Å². The summed E-state index contributed by atoms with van der Waals surface area (Å²) in [7, 11) is 0. The normalized spacial score (nSPS) is 22.3. The summed E-state index contributed by atoms with van der Waals surface area (Å²) >= 11 is 0. The summed E-state index contributed by atoms with van der Waals surface area (Å²) in [5.41, 5.74) is 0. The van der Waals surface area contributed by atoms with Gasteiger partial charge in [-0.1, -0.05) is 13.3 Å². The fraction of sp³-hybridized carbons (Fsp3) is 0.714. The second-order valence-electron chi connectivity index (χ2n) is 5.66. The van der Waals surface area contributed by atoms with Crippen LogP contribution in [0.5, 0.6) is 0 Å². The quantitative estimate of drug-likeness (QED) is 0.869. The molecule has 1 aliphatic rings. The van der Waals surface area contributed by atoms with E-state index in [1.54, 1.807) is 0 Å². The van der Waals surface area contributed by atoms with Crippen molar-refractivity contribution in [2.24, 2.45) is 11.8 Å². The van der Waals surface area contributed by atoms with E-state index in [2.05, 4.69) is 27.5 Å². The van der Waals surface area contributed by atoms with E-state index in [9.17, 15) is 13.2 Å². The Labute approximate surface area is 122 Å². The van der Waals surface area contributed by atoms with Crippen LogP contribution in [-0.2, 0) is 6.18 Å². The first-order chi connectivity index (χ1) is 9.88. The number of hydrogen-bond acceptors (Lipinski definition) is 4. The largest absolute Gasteiger partial charge is 0.451 e. The van der Waals surface area contributed by atoms with Crippen LogP contribution < -0.4 is 10.6 Å². The summed E-state index contributed by atoms with van der Waals surface area (Å²) in [6, 6.07) is 1.52. The molecule has 21 heavy (non-hydrogen) atoms. The molecule has 1 saturated carbocycles. The van der Waals surface area contributed by atoms with Gasteiger partial charge in [0, 0.05) is 19.2 Å². The average Bonchev–Trinajstić information content (AvgIpc) is 2.81. The number of aromatic nitrogens is 2. The van der Waals surface area contributed by atoms with Gasteiger partial charge in [-0.25, -0.2) is 9.97 Å². The van der Waals surface area contributed by atoms with Gasteiger partial charge in [0.25, 0.3) is 0 Å². The van der Waals surface area contributed by atoms with E-state index in [-0.39, 0.29) is 11.6 Å². The molecule has 1 aromatic heterocycles. The minimum atomic E-state index is -4.54. The Morgan fingerprint density at radius 2 is 1.86 bits per heavy atom.